The minimum atomic E-state index is -0.167. The molecule has 6 nitrogen and oxygen atoms in total. The molecule has 0 saturated heterocycles. The van der Waals surface area contributed by atoms with Crippen molar-refractivity contribution in [1.82, 2.24) is 19.9 Å². The van der Waals surface area contributed by atoms with Gasteiger partial charge in [-0.1, -0.05) is 18.2 Å². The summed E-state index contributed by atoms with van der Waals surface area (Å²) in [7, 11) is 3.77. The van der Waals surface area contributed by atoms with Gasteiger partial charge in [0.15, 0.2) is 0 Å². The standard InChI is InChI=1S/C14H13N5O/c1-19(2)14-16-10-9-7-5-3-4-6-8(7)15-12(9)18-13(20)11(10)17-14/h3-6H,1-2H3,(H,16,17)(H2,15,18,20). The van der Waals surface area contributed by atoms with E-state index >= 15 is 0 Å². The molecular formula is C14H13N5O. The Morgan fingerprint density at radius 3 is 2.70 bits per heavy atom. The first-order valence-electron chi connectivity index (χ1n) is 6.35. The quantitative estimate of drug-likeness (QED) is 0.493. The Hall–Kier alpha value is -2.76. The molecule has 0 aliphatic carbocycles. The predicted octanol–water partition coefficient (Wildman–Crippen LogP) is 1.95. The molecule has 0 aliphatic rings. The Bertz CT molecular complexity index is 1000. The van der Waals surface area contributed by atoms with Gasteiger partial charge in [0.05, 0.1) is 5.39 Å². The molecule has 0 radical (unpaired) electrons. The maximum atomic E-state index is 12.1. The van der Waals surface area contributed by atoms with Crippen LogP contribution in [0.4, 0.5) is 5.95 Å². The van der Waals surface area contributed by atoms with Crippen LogP contribution >= 0.6 is 0 Å². The molecule has 0 aliphatic heterocycles. The topological polar surface area (TPSA) is 80.6 Å². The van der Waals surface area contributed by atoms with Gasteiger partial charge in [-0.05, 0) is 6.07 Å². The summed E-state index contributed by atoms with van der Waals surface area (Å²) in [6, 6.07) is 7.95. The number of nitrogens with one attached hydrogen (secondary N) is 3. The van der Waals surface area contributed by atoms with E-state index in [9.17, 15) is 4.79 Å². The molecule has 3 heterocycles. The average Bonchev–Trinajstić information content (AvgIpc) is 2.98. The van der Waals surface area contributed by atoms with Crippen molar-refractivity contribution in [2.24, 2.45) is 0 Å². The number of hydrogen-bond donors (Lipinski definition) is 3. The molecule has 100 valence electrons. The van der Waals surface area contributed by atoms with E-state index in [1.807, 2.05) is 43.3 Å². The molecule has 4 aromatic rings. The number of aromatic amines is 3. The van der Waals surface area contributed by atoms with Crippen molar-refractivity contribution in [1.29, 1.82) is 0 Å². The zero-order valence-electron chi connectivity index (χ0n) is 11.1. The summed E-state index contributed by atoms with van der Waals surface area (Å²) >= 11 is 0. The summed E-state index contributed by atoms with van der Waals surface area (Å²) in [5.74, 6) is 0.670. The molecule has 3 aromatic heterocycles. The van der Waals surface area contributed by atoms with Gasteiger partial charge < -0.3 is 19.9 Å². The highest BCUT2D eigenvalue weighted by atomic mass is 16.1. The second-order valence-corrected chi connectivity index (χ2v) is 5.05. The van der Waals surface area contributed by atoms with Crippen LogP contribution in [0, 0.1) is 0 Å². The van der Waals surface area contributed by atoms with E-state index in [1.165, 1.54) is 0 Å². The summed E-state index contributed by atoms with van der Waals surface area (Å²) in [5, 5.41) is 2.00. The minimum Gasteiger partial charge on any atom is -0.349 e. The molecule has 0 bridgehead atoms. The van der Waals surface area contributed by atoms with Gasteiger partial charge in [0, 0.05) is 25.0 Å². The minimum absolute atomic E-state index is 0.167. The molecule has 0 atom stereocenters. The highest BCUT2D eigenvalue weighted by Gasteiger charge is 2.15. The van der Waals surface area contributed by atoms with Crippen LogP contribution in [0.1, 0.15) is 0 Å². The molecule has 4 rings (SSSR count). The van der Waals surface area contributed by atoms with Crippen molar-refractivity contribution in [2.75, 3.05) is 19.0 Å². The third-order valence-electron chi connectivity index (χ3n) is 3.52. The van der Waals surface area contributed by atoms with Crippen LogP contribution in [-0.4, -0.2) is 34.0 Å². The lowest BCUT2D eigenvalue weighted by molar-refractivity contribution is 1.05. The Balaban J connectivity index is 2.29. The molecule has 0 unspecified atom stereocenters. The summed E-state index contributed by atoms with van der Waals surface area (Å²) in [6.45, 7) is 0. The molecule has 3 N–H and O–H groups in total. The Labute approximate surface area is 113 Å². The molecule has 0 fully saturated rings. The van der Waals surface area contributed by atoms with E-state index in [2.05, 4.69) is 19.9 Å². The first kappa shape index (κ1) is 11.1. The number of para-hydroxylation sites is 1. The van der Waals surface area contributed by atoms with E-state index in [0.717, 1.165) is 16.3 Å². The molecule has 1 aromatic carbocycles. The average molecular weight is 267 g/mol. The number of H-pyrrole nitrogens is 3. The van der Waals surface area contributed by atoms with Crippen molar-refractivity contribution < 1.29 is 0 Å². The molecule has 0 amide bonds. The van der Waals surface area contributed by atoms with Gasteiger partial charge in [0.2, 0.25) is 5.95 Å². The number of aromatic nitrogens is 4. The number of nitrogens with zero attached hydrogens (tertiary/aromatic N) is 2. The number of benzene rings is 1. The second-order valence-electron chi connectivity index (χ2n) is 5.05. The first-order chi connectivity index (χ1) is 9.65. The van der Waals surface area contributed by atoms with Gasteiger partial charge in [0.1, 0.15) is 16.7 Å². The van der Waals surface area contributed by atoms with Crippen LogP contribution in [0.2, 0.25) is 0 Å². The van der Waals surface area contributed by atoms with Gasteiger partial charge in [-0.25, -0.2) is 4.98 Å². The van der Waals surface area contributed by atoms with Gasteiger partial charge in [0.25, 0.3) is 5.56 Å². The maximum absolute atomic E-state index is 12.1. The normalized spacial score (nSPS) is 11.7. The van der Waals surface area contributed by atoms with Crippen LogP contribution < -0.4 is 10.5 Å². The monoisotopic (exact) mass is 267 g/mol. The number of hydrogen-bond acceptors (Lipinski definition) is 3. The lowest BCUT2D eigenvalue weighted by Gasteiger charge is -2.05. The van der Waals surface area contributed by atoms with E-state index in [1.54, 1.807) is 0 Å². The van der Waals surface area contributed by atoms with Gasteiger partial charge in [-0.15, -0.1) is 0 Å². The first-order valence-corrected chi connectivity index (χ1v) is 6.35. The second kappa shape index (κ2) is 3.63. The third-order valence-corrected chi connectivity index (χ3v) is 3.52. The highest BCUT2D eigenvalue weighted by molar-refractivity contribution is 6.17. The number of fused-ring (bicyclic) bond motifs is 5. The maximum Gasteiger partial charge on any atom is 0.275 e. The fraction of sp³-hybridized carbons (Fsp3) is 0.143. The zero-order chi connectivity index (χ0) is 13.9. The summed E-state index contributed by atoms with van der Waals surface area (Å²) < 4.78 is 0. The molecule has 20 heavy (non-hydrogen) atoms. The fourth-order valence-electron chi connectivity index (χ4n) is 2.58. The number of anilines is 1. The molecular weight excluding hydrogens is 254 g/mol. The Morgan fingerprint density at radius 1 is 1.10 bits per heavy atom. The lowest BCUT2D eigenvalue weighted by atomic mass is 10.2. The SMILES string of the molecule is CN(C)c1nc2c([nH]1)c(=O)[nH]c1[nH]c3ccccc3c12. The van der Waals surface area contributed by atoms with Crippen molar-refractivity contribution in [2.45, 2.75) is 0 Å². The van der Waals surface area contributed by atoms with E-state index in [-0.39, 0.29) is 5.56 Å². The van der Waals surface area contributed by atoms with Crippen LogP contribution in [0.25, 0.3) is 33.0 Å². The number of pyridine rings is 1. The zero-order valence-corrected chi connectivity index (χ0v) is 11.1. The smallest absolute Gasteiger partial charge is 0.275 e. The van der Waals surface area contributed by atoms with E-state index in [4.69, 9.17) is 0 Å². The van der Waals surface area contributed by atoms with E-state index < -0.39 is 0 Å². The largest absolute Gasteiger partial charge is 0.349 e. The van der Waals surface area contributed by atoms with Gasteiger partial charge in [-0.2, -0.15) is 0 Å². The molecule has 0 spiro atoms. The summed E-state index contributed by atoms with van der Waals surface area (Å²) in [5.41, 5.74) is 2.73. The van der Waals surface area contributed by atoms with Crippen LogP contribution in [0.5, 0.6) is 0 Å². The Kier molecular flexibility index (Phi) is 2.01. The summed E-state index contributed by atoms with van der Waals surface area (Å²) in [4.78, 5) is 27.7. The van der Waals surface area contributed by atoms with Crippen molar-refractivity contribution in [3.05, 3.63) is 34.6 Å². The van der Waals surface area contributed by atoms with Gasteiger partial charge in [-0.3, -0.25) is 4.79 Å². The number of imidazole rings is 1. The predicted molar refractivity (Wildman–Crippen MR) is 80.4 cm³/mol. The highest BCUT2D eigenvalue weighted by Crippen LogP contribution is 2.29. The molecule has 0 saturated carbocycles. The van der Waals surface area contributed by atoms with Crippen LogP contribution in [0.15, 0.2) is 29.1 Å². The lowest BCUT2D eigenvalue weighted by Crippen LogP contribution is -2.10. The molecule has 6 heteroatoms. The van der Waals surface area contributed by atoms with Crippen molar-refractivity contribution >= 4 is 38.9 Å². The van der Waals surface area contributed by atoms with Crippen LogP contribution in [-0.2, 0) is 0 Å². The fourth-order valence-corrected chi connectivity index (χ4v) is 2.58. The van der Waals surface area contributed by atoms with Gasteiger partial charge >= 0.3 is 0 Å². The summed E-state index contributed by atoms with van der Waals surface area (Å²) in [6.07, 6.45) is 0. The third kappa shape index (κ3) is 1.33. The number of rotatable bonds is 1. The van der Waals surface area contributed by atoms with E-state index in [0.29, 0.717) is 22.6 Å². The Morgan fingerprint density at radius 2 is 1.90 bits per heavy atom. The van der Waals surface area contributed by atoms with Crippen molar-refractivity contribution in [3.8, 4) is 0 Å². The van der Waals surface area contributed by atoms with Crippen LogP contribution in [0.3, 0.4) is 0 Å². The van der Waals surface area contributed by atoms with Crippen molar-refractivity contribution in [3.63, 3.8) is 0 Å².